The van der Waals surface area contributed by atoms with Crippen LogP contribution in [0.1, 0.15) is 20.8 Å². The third-order valence-corrected chi connectivity index (χ3v) is 2.08. The summed E-state index contributed by atoms with van der Waals surface area (Å²) < 4.78 is 26.1. The van der Waals surface area contributed by atoms with Crippen molar-refractivity contribution in [3.63, 3.8) is 0 Å². The number of nitrogens with one attached hydrogen (secondary N) is 1. The first-order valence-corrected chi connectivity index (χ1v) is 6.66. The second kappa shape index (κ2) is 5.14. The highest BCUT2D eigenvalue weighted by molar-refractivity contribution is 7.86. The quantitative estimate of drug-likeness (QED) is 0.588. The zero-order valence-corrected chi connectivity index (χ0v) is 10.8. The predicted octanol–water partition coefficient (Wildman–Crippen LogP) is 0.485. The first kappa shape index (κ1) is 14.7. The SMILES string of the molecule is CC(C)(C)NC(=O)C(CCl)OS(C)(=O)=O. The molecule has 5 nitrogen and oxygen atoms in total. The van der Waals surface area contributed by atoms with E-state index in [1.54, 1.807) is 20.8 Å². The molecule has 7 heteroatoms. The fourth-order valence-electron chi connectivity index (χ4n) is 0.801. The largest absolute Gasteiger partial charge is 0.349 e. The van der Waals surface area contributed by atoms with Gasteiger partial charge in [0.1, 0.15) is 0 Å². The molecule has 0 rings (SSSR count). The van der Waals surface area contributed by atoms with Gasteiger partial charge < -0.3 is 5.32 Å². The summed E-state index contributed by atoms with van der Waals surface area (Å²) in [5.74, 6) is -0.752. The molecule has 15 heavy (non-hydrogen) atoms. The van der Waals surface area contributed by atoms with Gasteiger partial charge in [-0.3, -0.25) is 8.98 Å². The third-order valence-electron chi connectivity index (χ3n) is 1.22. The molecule has 0 saturated heterocycles. The summed E-state index contributed by atoms with van der Waals surface area (Å²) in [7, 11) is -3.68. The van der Waals surface area contributed by atoms with E-state index in [1.807, 2.05) is 0 Å². The van der Waals surface area contributed by atoms with Crippen molar-refractivity contribution in [2.24, 2.45) is 0 Å². The Hall–Kier alpha value is -0.330. The van der Waals surface area contributed by atoms with Crippen molar-refractivity contribution in [1.82, 2.24) is 5.32 Å². The lowest BCUT2D eigenvalue weighted by atomic mass is 10.1. The standard InChI is InChI=1S/C8H16ClNO4S/c1-8(2,3)10-7(11)6(5-9)14-15(4,12)13/h6H,5H2,1-4H3,(H,10,11). The molecule has 1 atom stereocenters. The van der Waals surface area contributed by atoms with Gasteiger partial charge in [-0.1, -0.05) is 0 Å². The van der Waals surface area contributed by atoms with Crippen molar-refractivity contribution in [2.75, 3.05) is 12.1 Å². The molecule has 0 bridgehead atoms. The fraction of sp³-hybridized carbons (Fsp3) is 0.875. The second-order valence-corrected chi connectivity index (χ2v) is 6.09. The number of hydrogen-bond acceptors (Lipinski definition) is 4. The van der Waals surface area contributed by atoms with Crippen molar-refractivity contribution in [3.8, 4) is 0 Å². The molecule has 0 aromatic heterocycles. The highest BCUT2D eigenvalue weighted by Crippen LogP contribution is 2.05. The molecular weight excluding hydrogens is 242 g/mol. The van der Waals surface area contributed by atoms with Gasteiger partial charge in [0.05, 0.1) is 12.1 Å². The summed E-state index contributed by atoms with van der Waals surface area (Å²) in [6.45, 7) is 5.32. The lowest BCUT2D eigenvalue weighted by molar-refractivity contribution is -0.128. The van der Waals surface area contributed by atoms with Crippen LogP contribution < -0.4 is 5.32 Å². The van der Waals surface area contributed by atoms with E-state index in [-0.39, 0.29) is 5.88 Å². The summed E-state index contributed by atoms with van der Waals surface area (Å²) in [6, 6.07) is 0. The number of carbonyl (C=O) groups excluding carboxylic acids is 1. The van der Waals surface area contributed by atoms with Gasteiger partial charge in [-0.2, -0.15) is 8.42 Å². The number of hydrogen-bond donors (Lipinski definition) is 1. The van der Waals surface area contributed by atoms with Crippen LogP contribution in [0, 0.1) is 0 Å². The lowest BCUT2D eigenvalue weighted by Gasteiger charge is -2.23. The number of amides is 1. The average molecular weight is 258 g/mol. The summed E-state index contributed by atoms with van der Waals surface area (Å²) in [5.41, 5.74) is -0.456. The van der Waals surface area contributed by atoms with E-state index in [9.17, 15) is 13.2 Å². The van der Waals surface area contributed by atoms with E-state index in [4.69, 9.17) is 11.6 Å². The smallest absolute Gasteiger partial charge is 0.265 e. The van der Waals surface area contributed by atoms with Crippen molar-refractivity contribution < 1.29 is 17.4 Å². The van der Waals surface area contributed by atoms with Gasteiger partial charge in [-0.05, 0) is 20.8 Å². The molecule has 0 spiro atoms. The van der Waals surface area contributed by atoms with E-state index >= 15 is 0 Å². The molecule has 0 heterocycles. The molecule has 0 aliphatic heterocycles. The molecule has 0 aromatic carbocycles. The maximum absolute atomic E-state index is 11.5. The van der Waals surface area contributed by atoms with E-state index in [0.717, 1.165) is 6.26 Å². The lowest BCUT2D eigenvalue weighted by Crippen LogP contribution is -2.47. The maximum Gasteiger partial charge on any atom is 0.265 e. The maximum atomic E-state index is 11.5. The summed E-state index contributed by atoms with van der Waals surface area (Å²) in [6.07, 6.45) is -0.308. The van der Waals surface area contributed by atoms with Crippen LogP contribution >= 0.6 is 11.6 Å². The highest BCUT2D eigenvalue weighted by Gasteiger charge is 2.25. The van der Waals surface area contributed by atoms with E-state index in [2.05, 4.69) is 9.50 Å². The molecule has 0 aliphatic rings. The minimum absolute atomic E-state index is 0.213. The Morgan fingerprint density at radius 3 is 2.20 bits per heavy atom. The van der Waals surface area contributed by atoms with Crippen LogP contribution in [-0.4, -0.2) is 38.1 Å². The van der Waals surface area contributed by atoms with Gasteiger partial charge in [0, 0.05) is 5.54 Å². The van der Waals surface area contributed by atoms with Crippen LogP contribution in [0.3, 0.4) is 0 Å². The van der Waals surface area contributed by atoms with Crippen molar-refractivity contribution >= 4 is 27.6 Å². The predicted molar refractivity (Wildman–Crippen MR) is 58.3 cm³/mol. The van der Waals surface area contributed by atoms with Gasteiger partial charge in [-0.25, -0.2) is 0 Å². The molecule has 1 amide bonds. The summed E-state index contributed by atoms with van der Waals surface area (Å²) in [4.78, 5) is 11.5. The molecule has 1 N–H and O–H groups in total. The Morgan fingerprint density at radius 2 is 1.93 bits per heavy atom. The number of alkyl halides is 1. The number of rotatable bonds is 4. The van der Waals surface area contributed by atoms with Crippen LogP contribution in [0.4, 0.5) is 0 Å². The second-order valence-electron chi connectivity index (χ2n) is 4.18. The Labute approximate surface area is 95.3 Å². The van der Waals surface area contributed by atoms with E-state index in [1.165, 1.54) is 0 Å². The minimum Gasteiger partial charge on any atom is -0.349 e. The molecule has 0 fully saturated rings. The Kier molecular flexibility index (Phi) is 5.02. The number of halogens is 1. The van der Waals surface area contributed by atoms with Gasteiger partial charge >= 0.3 is 0 Å². The zero-order valence-electron chi connectivity index (χ0n) is 9.20. The monoisotopic (exact) mass is 257 g/mol. The third kappa shape index (κ3) is 7.58. The average Bonchev–Trinajstić information content (AvgIpc) is 1.94. The minimum atomic E-state index is -3.68. The van der Waals surface area contributed by atoms with Gasteiger partial charge in [0.2, 0.25) is 0 Å². The van der Waals surface area contributed by atoms with Crippen molar-refractivity contribution in [3.05, 3.63) is 0 Å². The van der Waals surface area contributed by atoms with Crippen molar-refractivity contribution in [1.29, 1.82) is 0 Å². The van der Waals surface area contributed by atoms with Crippen LogP contribution in [-0.2, 0) is 19.1 Å². The van der Waals surface area contributed by atoms with E-state index in [0.29, 0.717) is 0 Å². The normalized spacial score (nSPS) is 14.7. The van der Waals surface area contributed by atoms with Crippen LogP contribution in [0.2, 0.25) is 0 Å². The highest BCUT2D eigenvalue weighted by atomic mass is 35.5. The van der Waals surface area contributed by atoms with Crippen LogP contribution in [0.5, 0.6) is 0 Å². The Bertz CT molecular complexity index is 320. The fourth-order valence-corrected chi connectivity index (χ4v) is 1.66. The van der Waals surface area contributed by atoms with E-state index < -0.39 is 27.7 Å². The topological polar surface area (TPSA) is 72.5 Å². The first-order valence-electron chi connectivity index (χ1n) is 4.31. The molecule has 0 radical (unpaired) electrons. The molecule has 0 aromatic rings. The first-order chi connectivity index (χ1) is 6.55. The summed E-state index contributed by atoms with van der Waals surface area (Å²) >= 11 is 5.45. The zero-order chi connectivity index (χ0) is 12.3. The van der Waals surface area contributed by atoms with Crippen LogP contribution in [0.15, 0.2) is 0 Å². The van der Waals surface area contributed by atoms with Gasteiger partial charge in [-0.15, -0.1) is 11.6 Å². The van der Waals surface area contributed by atoms with Crippen LogP contribution in [0.25, 0.3) is 0 Å². The Balaban J connectivity index is 4.50. The van der Waals surface area contributed by atoms with Gasteiger partial charge in [0.15, 0.2) is 6.10 Å². The molecule has 90 valence electrons. The summed E-state index contributed by atoms with van der Waals surface area (Å²) in [5, 5.41) is 2.58. The molecule has 1 unspecified atom stereocenters. The number of carbonyl (C=O) groups is 1. The molecule has 0 saturated carbocycles. The molecule has 0 aliphatic carbocycles. The van der Waals surface area contributed by atoms with Gasteiger partial charge in [0.25, 0.3) is 16.0 Å². The molecular formula is C8H16ClNO4S. The Morgan fingerprint density at radius 1 is 1.47 bits per heavy atom. The van der Waals surface area contributed by atoms with Crippen molar-refractivity contribution in [2.45, 2.75) is 32.4 Å².